The molecule has 0 heterocycles. The Morgan fingerprint density at radius 1 is 0.897 bits per heavy atom. The number of benzene rings is 3. The normalized spacial score (nSPS) is 10.1. The zero-order valence-corrected chi connectivity index (χ0v) is 15.9. The van der Waals surface area contributed by atoms with E-state index < -0.39 is 0 Å². The number of carbonyl (C=O) groups excluding carboxylic acids is 2. The van der Waals surface area contributed by atoms with Gasteiger partial charge in [0, 0.05) is 17.3 Å². The van der Waals surface area contributed by atoms with Gasteiger partial charge in [0.15, 0.2) is 0 Å². The van der Waals surface area contributed by atoms with Crippen LogP contribution in [-0.2, 0) is 4.79 Å². The number of hydrogen-bond donors (Lipinski definition) is 2. The van der Waals surface area contributed by atoms with Crippen molar-refractivity contribution < 1.29 is 14.3 Å². The monoisotopic (exact) mass is 386 g/mol. The fraction of sp³-hybridized carbons (Fsp3) is 0.0833. The molecular weight excluding hydrogens is 364 g/mol. The molecule has 0 radical (unpaired) electrons. The maximum atomic E-state index is 12.3. The fourth-order valence-corrected chi connectivity index (χ4v) is 2.73. The van der Waals surface area contributed by atoms with Gasteiger partial charge in [0.1, 0.15) is 12.4 Å². The minimum Gasteiger partial charge on any atom is -0.489 e. The van der Waals surface area contributed by atoms with E-state index in [2.05, 4.69) is 17.2 Å². The van der Waals surface area contributed by atoms with Crippen molar-refractivity contribution in [2.75, 3.05) is 18.5 Å². The number of nitrogens with one attached hydrogen (secondary N) is 2. The van der Waals surface area contributed by atoms with Crippen molar-refractivity contribution in [3.63, 3.8) is 0 Å². The second kappa shape index (κ2) is 9.90. The van der Waals surface area contributed by atoms with Gasteiger partial charge in [-0.2, -0.15) is 0 Å². The highest BCUT2D eigenvalue weighted by Crippen LogP contribution is 2.19. The molecule has 0 atom stereocenters. The van der Waals surface area contributed by atoms with E-state index in [1.165, 1.54) is 0 Å². The summed E-state index contributed by atoms with van der Waals surface area (Å²) in [5.74, 6) is 0.00759. The highest BCUT2D eigenvalue weighted by atomic mass is 16.5. The lowest BCUT2D eigenvalue weighted by Crippen LogP contribution is -2.32. The third-order valence-corrected chi connectivity index (χ3v) is 4.15. The van der Waals surface area contributed by atoms with Crippen LogP contribution in [0.15, 0.2) is 91.5 Å². The number of rotatable bonds is 8. The van der Waals surface area contributed by atoms with Crippen LogP contribution in [0.5, 0.6) is 5.75 Å². The molecule has 0 saturated heterocycles. The van der Waals surface area contributed by atoms with Crippen LogP contribution in [0, 0.1) is 0 Å². The Morgan fingerprint density at radius 2 is 1.62 bits per heavy atom. The van der Waals surface area contributed by atoms with Crippen LogP contribution in [0.25, 0.3) is 11.1 Å². The molecule has 3 aromatic rings. The molecule has 0 saturated carbocycles. The lowest BCUT2D eigenvalue weighted by Gasteiger charge is -2.09. The molecule has 5 nitrogen and oxygen atoms in total. The molecule has 2 N–H and O–H groups in total. The quantitative estimate of drug-likeness (QED) is 0.568. The zero-order chi connectivity index (χ0) is 20.5. The Balaban J connectivity index is 1.52. The second-order valence-electron chi connectivity index (χ2n) is 6.30. The van der Waals surface area contributed by atoms with E-state index in [1.807, 2.05) is 42.5 Å². The summed E-state index contributed by atoms with van der Waals surface area (Å²) in [6.07, 6.45) is 1.65. The van der Waals surface area contributed by atoms with Crippen LogP contribution < -0.4 is 15.4 Å². The Bertz CT molecular complexity index is 983. The van der Waals surface area contributed by atoms with E-state index in [4.69, 9.17) is 4.74 Å². The molecule has 2 amide bonds. The average Bonchev–Trinajstić information content (AvgIpc) is 2.77. The first-order valence-corrected chi connectivity index (χ1v) is 9.23. The van der Waals surface area contributed by atoms with Crippen molar-refractivity contribution in [3.8, 4) is 16.9 Å². The van der Waals surface area contributed by atoms with Crippen molar-refractivity contribution in [1.29, 1.82) is 0 Å². The number of hydrogen-bond acceptors (Lipinski definition) is 3. The summed E-state index contributed by atoms with van der Waals surface area (Å²) in [5.41, 5.74) is 3.20. The standard InChI is InChI=1S/C24H22N2O3/c1-2-15-29-22-10-6-9-21(16-22)26-23(27)17-25-24(28)20-13-11-19(12-14-20)18-7-4-3-5-8-18/h2-14,16H,1,15,17H2,(H,25,28)(H,26,27). The maximum absolute atomic E-state index is 12.3. The van der Waals surface area contributed by atoms with Crippen molar-refractivity contribution >= 4 is 17.5 Å². The highest BCUT2D eigenvalue weighted by molar-refractivity contribution is 5.99. The molecule has 3 rings (SSSR count). The minimum absolute atomic E-state index is 0.128. The first-order chi connectivity index (χ1) is 14.2. The van der Waals surface area contributed by atoms with Crippen LogP contribution in [-0.4, -0.2) is 25.0 Å². The molecule has 0 spiro atoms. The van der Waals surface area contributed by atoms with Gasteiger partial charge in [0.25, 0.3) is 5.91 Å². The van der Waals surface area contributed by atoms with Gasteiger partial charge in [-0.15, -0.1) is 0 Å². The van der Waals surface area contributed by atoms with Gasteiger partial charge in [-0.05, 0) is 35.4 Å². The molecule has 146 valence electrons. The molecule has 29 heavy (non-hydrogen) atoms. The Kier molecular flexibility index (Phi) is 6.79. The predicted octanol–water partition coefficient (Wildman–Crippen LogP) is 4.29. The maximum Gasteiger partial charge on any atom is 0.251 e. The van der Waals surface area contributed by atoms with Gasteiger partial charge in [0.05, 0.1) is 6.54 Å². The Labute approximate surface area is 170 Å². The number of amides is 2. The lowest BCUT2D eigenvalue weighted by atomic mass is 10.0. The topological polar surface area (TPSA) is 67.4 Å². The summed E-state index contributed by atoms with van der Waals surface area (Å²) in [5, 5.41) is 5.37. The van der Waals surface area contributed by atoms with E-state index in [1.54, 1.807) is 42.5 Å². The van der Waals surface area contributed by atoms with E-state index in [0.29, 0.717) is 23.6 Å². The van der Waals surface area contributed by atoms with Crippen LogP contribution in [0.3, 0.4) is 0 Å². The second-order valence-corrected chi connectivity index (χ2v) is 6.30. The summed E-state index contributed by atoms with van der Waals surface area (Å²) in [6, 6.07) is 24.2. The minimum atomic E-state index is -0.319. The largest absolute Gasteiger partial charge is 0.489 e. The van der Waals surface area contributed by atoms with Gasteiger partial charge in [-0.1, -0.05) is 61.2 Å². The molecule has 0 aliphatic rings. The smallest absolute Gasteiger partial charge is 0.251 e. The zero-order valence-electron chi connectivity index (χ0n) is 15.9. The van der Waals surface area contributed by atoms with Gasteiger partial charge < -0.3 is 15.4 Å². The summed E-state index contributed by atoms with van der Waals surface area (Å²) in [6.45, 7) is 3.86. The van der Waals surface area contributed by atoms with Crippen LogP contribution >= 0.6 is 0 Å². The first-order valence-electron chi connectivity index (χ1n) is 9.23. The van der Waals surface area contributed by atoms with E-state index in [-0.39, 0.29) is 18.4 Å². The Hall–Kier alpha value is -3.86. The third kappa shape index (κ3) is 5.81. The van der Waals surface area contributed by atoms with E-state index >= 15 is 0 Å². The van der Waals surface area contributed by atoms with E-state index in [9.17, 15) is 9.59 Å². The number of anilines is 1. The molecule has 0 fully saturated rings. The van der Waals surface area contributed by atoms with Crippen molar-refractivity contribution in [2.24, 2.45) is 0 Å². The SMILES string of the molecule is C=CCOc1cccc(NC(=O)CNC(=O)c2ccc(-c3ccccc3)cc2)c1. The van der Waals surface area contributed by atoms with E-state index in [0.717, 1.165) is 11.1 Å². The molecule has 0 aliphatic carbocycles. The van der Waals surface area contributed by atoms with Gasteiger partial charge in [0.2, 0.25) is 5.91 Å². The average molecular weight is 386 g/mol. The van der Waals surface area contributed by atoms with Crippen molar-refractivity contribution in [1.82, 2.24) is 5.32 Å². The molecule has 5 heteroatoms. The summed E-state index contributed by atoms with van der Waals surface area (Å²) >= 11 is 0. The third-order valence-electron chi connectivity index (χ3n) is 4.15. The van der Waals surface area contributed by atoms with Crippen LogP contribution in [0.2, 0.25) is 0 Å². The summed E-state index contributed by atoms with van der Waals surface area (Å²) in [4.78, 5) is 24.4. The van der Waals surface area contributed by atoms with Gasteiger partial charge in [-0.25, -0.2) is 0 Å². The Morgan fingerprint density at radius 3 is 2.34 bits per heavy atom. The molecule has 0 aromatic heterocycles. The van der Waals surface area contributed by atoms with Crippen LogP contribution in [0.4, 0.5) is 5.69 Å². The molecule has 0 unspecified atom stereocenters. The number of carbonyl (C=O) groups is 2. The van der Waals surface area contributed by atoms with Gasteiger partial charge >= 0.3 is 0 Å². The molecule has 0 bridgehead atoms. The molecular formula is C24H22N2O3. The predicted molar refractivity (Wildman–Crippen MR) is 115 cm³/mol. The van der Waals surface area contributed by atoms with Crippen LogP contribution in [0.1, 0.15) is 10.4 Å². The van der Waals surface area contributed by atoms with Crippen molar-refractivity contribution in [2.45, 2.75) is 0 Å². The molecule has 3 aromatic carbocycles. The lowest BCUT2D eigenvalue weighted by molar-refractivity contribution is -0.115. The highest BCUT2D eigenvalue weighted by Gasteiger charge is 2.09. The van der Waals surface area contributed by atoms with Gasteiger partial charge in [-0.3, -0.25) is 9.59 Å². The summed E-state index contributed by atoms with van der Waals surface area (Å²) < 4.78 is 5.44. The fourth-order valence-electron chi connectivity index (χ4n) is 2.73. The first kappa shape index (κ1) is 19.9. The number of ether oxygens (including phenoxy) is 1. The van der Waals surface area contributed by atoms with Crippen molar-refractivity contribution in [3.05, 3.63) is 97.1 Å². The summed E-state index contributed by atoms with van der Waals surface area (Å²) in [7, 11) is 0. The molecule has 0 aliphatic heterocycles.